The zero-order chi connectivity index (χ0) is 19.8. The molecule has 3 aromatic rings. The van der Waals surface area contributed by atoms with E-state index in [1.807, 2.05) is 61.5 Å². The maximum absolute atomic E-state index is 12.1. The molecule has 0 radical (unpaired) electrons. The van der Waals surface area contributed by atoms with Crippen LogP contribution in [0.1, 0.15) is 11.1 Å². The van der Waals surface area contributed by atoms with E-state index in [1.54, 1.807) is 24.3 Å². The summed E-state index contributed by atoms with van der Waals surface area (Å²) >= 11 is 0. The Kier molecular flexibility index (Phi) is 6.41. The Morgan fingerprint density at radius 1 is 0.786 bits per heavy atom. The van der Waals surface area contributed by atoms with Crippen molar-refractivity contribution >= 4 is 23.2 Å². The maximum atomic E-state index is 12.1. The molecule has 5 heteroatoms. The number of hydrogen-bond acceptors (Lipinski definition) is 3. The summed E-state index contributed by atoms with van der Waals surface area (Å²) in [5.41, 5.74) is 3.34. The average molecular weight is 374 g/mol. The molecule has 0 fully saturated rings. The Hall–Kier alpha value is -3.60. The van der Waals surface area contributed by atoms with Gasteiger partial charge in [0.15, 0.2) is 6.61 Å². The van der Waals surface area contributed by atoms with Gasteiger partial charge in [-0.2, -0.15) is 0 Å². The first-order valence-corrected chi connectivity index (χ1v) is 9.02. The van der Waals surface area contributed by atoms with E-state index in [1.165, 1.54) is 0 Å². The highest BCUT2D eigenvalue weighted by atomic mass is 16.5. The van der Waals surface area contributed by atoms with Gasteiger partial charge in [-0.05, 0) is 54.4 Å². The fourth-order valence-electron chi connectivity index (χ4n) is 2.67. The second kappa shape index (κ2) is 9.37. The summed E-state index contributed by atoms with van der Waals surface area (Å²) in [6.45, 7) is 1.89. The van der Waals surface area contributed by atoms with Crippen molar-refractivity contribution in [2.45, 2.75) is 13.3 Å². The van der Waals surface area contributed by atoms with Crippen LogP contribution in [0.2, 0.25) is 0 Å². The van der Waals surface area contributed by atoms with E-state index in [2.05, 4.69) is 10.6 Å². The summed E-state index contributed by atoms with van der Waals surface area (Å²) in [5.74, 6) is 0.323. The molecule has 0 aliphatic rings. The molecule has 5 nitrogen and oxygen atoms in total. The molecule has 2 N–H and O–H groups in total. The van der Waals surface area contributed by atoms with Gasteiger partial charge in [0.05, 0.1) is 6.42 Å². The van der Waals surface area contributed by atoms with Crippen LogP contribution in [0.3, 0.4) is 0 Å². The van der Waals surface area contributed by atoms with Crippen molar-refractivity contribution in [3.63, 3.8) is 0 Å². The van der Waals surface area contributed by atoms with E-state index in [4.69, 9.17) is 4.74 Å². The maximum Gasteiger partial charge on any atom is 0.262 e. The van der Waals surface area contributed by atoms with Gasteiger partial charge in [0.1, 0.15) is 5.75 Å². The Labute approximate surface area is 164 Å². The minimum atomic E-state index is -0.248. The molecular formula is C23H22N2O3. The summed E-state index contributed by atoms with van der Waals surface area (Å²) in [5, 5.41) is 5.62. The Morgan fingerprint density at radius 2 is 1.43 bits per heavy atom. The Balaban J connectivity index is 1.47. The van der Waals surface area contributed by atoms with Crippen LogP contribution >= 0.6 is 0 Å². The number of aryl methyl sites for hydroxylation is 1. The lowest BCUT2D eigenvalue weighted by Gasteiger charge is -2.09. The monoisotopic (exact) mass is 374 g/mol. The summed E-state index contributed by atoms with van der Waals surface area (Å²) < 4.78 is 5.48. The average Bonchev–Trinajstić information content (AvgIpc) is 2.69. The first-order chi connectivity index (χ1) is 13.6. The van der Waals surface area contributed by atoms with E-state index < -0.39 is 0 Å². The number of rotatable bonds is 7. The van der Waals surface area contributed by atoms with Crippen molar-refractivity contribution in [3.8, 4) is 5.75 Å². The van der Waals surface area contributed by atoms with Crippen LogP contribution in [0.4, 0.5) is 11.4 Å². The molecule has 0 spiro atoms. The lowest BCUT2D eigenvalue weighted by Crippen LogP contribution is -2.20. The number of nitrogens with one attached hydrogen (secondary N) is 2. The van der Waals surface area contributed by atoms with Crippen LogP contribution in [-0.2, 0) is 16.0 Å². The fourth-order valence-corrected chi connectivity index (χ4v) is 2.67. The van der Waals surface area contributed by atoms with Gasteiger partial charge in [0, 0.05) is 11.4 Å². The largest absolute Gasteiger partial charge is 0.484 e. The molecule has 0 aliphatic heterocycles. The van der Waals surface area contributed by atoms with E-state index in [0.717, 1.165) is 11.1 Å². The van der Waals surface area contributed by atoms with Gasteiger partial charge >= 0.3 is 0 Å². The molecule has 28 heavy (non-hydrogen) atoms. The second-order valence-corrected chi connectivity index (χ2v) is 6.44. The van der Waals surface area contributed by atoms with Crippen LogP contribution in [0.15, 0.2) is 78.9 Å². The van der Waals surface area contributed by atoms with Gasteiger partial charge in [-0.15, -0.1) is 0 Å². The predicted octanol–water partition coefficient (Wildman–Crippen LogP) is 4.19. The third-order valence-corrected chi connectivity index (χ3v) is 4.02. The molecular weight excluding hydrogens is 352 g/mol. The Bertz CT molecular complexity index is 938. The molecule has 0 atom stereocenters. The lowest BCUT2D eigenvalue weighted by molar-refractivity contribution is -0.118. The van der Waals surface area contributed by atoms with Crippen LogP contribution in [0.5, 0.6) is 5.75 Å². The first-order valence-electron chi connectivity index (χ1n) is 9.02. The van der Waals surface area contributed by atoms with Gasteiger partial charge in [-0.25, -0.2) is 0 Å². The van der Waals surface area contributed by atoms with E-state index in [0.29, 0.717) is 23.5 Å². The molecule has 3 rings (SSSR count). The second-order valence-electron chi connectivity index (χ2n) is 6.44. The number of hydrogen-bond donors (Lipinski definition) is 2. The highest BCUT2D eigenvalue weighted by Gasteiger charge is 2.06. The normalized spacial score (nSPS) is 10.2. The zero-order valence-corrected chi connectivity index (χ0v) is 15.6. The fraction of sp³-hybridized carbons (Fsp3) is 0.130. The minimum absolute atomic E-state index is 0.0704. The summed E-state index contributed by atoms with van der Waals surface area (Å²) in [4.78, 5) is 24.1. The van der Waals surface area contributed by atoms with Crippen molar-refractivity contribution in [1.82, 2.24) is 0 Å². The van der Waals surface area contributed by atoms with Crippen molar-refractivity contribution in [1.29, 1.82) is 0 Å². The molecule has 2 amide bonds. The smallest absolute Gasteiger partial charge is 0.262 e. The number of amides is 2. The first kappa shape index (κ1) is 19.2. The molecule has 0 aromatic heterocycles. The summed E-state index contributed by atoms with van der Waals surface area (Å²) in [7, 11) is 0. The molecule has 0 unspecified atom stereocenters. The third-order valence-electron chi connectivity index (χ3n) is 4.02. The van der Waals surface area contributed by atoms with Crippen LogP contribution in [0.25, 0.3) is 0 Å². The van der Waals surface area contributed by atoms with Gasteiger partial charge in [0.25, 0.3) is 5.91 Å². The minimum Gasteiger partial charge on any atom is -0.484 e. The molecule has 142 valence electrons. The molecule has 0 aliphatic carbocycles. The highest BCUT2D eigenvalue weighted by molar-refractivity contribution is 5.94. The quantitative estimate of drug-likeness (QED) is 0.651. The molecule has 0 saturated heterocycles. The van der Waals surface area contributed by atoms with Crippen molar-refractivity contribution in [3.05, 3.63) is 90.0 Å². The van der Waals surface area contributed by atoms with Crippen molar-refractivity contribution in [2.75, 3.05) is 17.2 Å². The topological polar surface area (TPSA) is 67.4 Å². The van der Waals surface area contributed by atoms with E-state index in [9.17, 15) is 9.59 Å². The van der Waals surface area contributed by atoms with Crippen LogP contribution in [0, 0.1) is 6.92 Å². The third kappa shape index (κ3) is 5.99. The predicted molar refractivity (Wildman–Crippen MR) is 111 cm³/mol. The van der Waals surface area contributed by atoms with Gasteiger partial charge in [-0.3, -0.25) is 9.59 Å². The number of anilines is 2. The van der Waals surface area contributed by atoms with Gasteiger partial charge < -0.3 is 15.4 Å². The molecule has 0 bridgehead atoms. The number of carbonyl (C=O) groups is 2. The Morgan fingerprint density at radius 3 is 2.07 bits per heavy atom. The number of carbonyl (C=O) groups excluding carboxylic acids is 2. The lowest BCUT2D eigenvalue weighted by atomic mass is 10.1. The van der Waals surface area contributed by atoms with E-state index >= 15 is 0 Å². The van der Waals surface area contributed by atoms with E-state index in [-0.39, 0.29) is 18.4 Å². The SMILES string of the molecule is Cc1cccc(OCC(=O)Nc2ccc(NC(=O)Cc3ccccc3)cc2)c1. The van der Waals surface area contributed by atoms with Crippen LogP contribution < -0.4 is 15.4 Å². The number of ether oxygens (including phenoxy) is 1. The summed E-state index contributed by atoms with van der Waals surface area (Å²) in [6.07, 6.45) is 0.315. The summed E-state index contributed by atoms with van der Waals surface area (Å²) in [6, 6.07) is 24.1. The molecule has 3 aromatic carbocycles. The van der Waals surface area contributed by atoms with Crippen molar-refractivity contribution < 1.29 is 14.3 Å². The standard InChI is InChI=1S/C23H22N2O3/c1-17-6-5-9-21(14-17)28-16-23(27)25-20-12-10-19(11-13-20)24-22(26)15-18-7-3-2-4-8-18/h2-14H,15-16H2,1H3,(H,24,26)(H,25,27). The van der Waals surface area contributed by atoms with Crippen LogP contribution in [-0.4, -0.2) is 18.4 Å². The molecule has 0 saturated carbocycles. The van der Waals surface area contributed by atoms with Gasteiger partial charge in [-0.1, -0.05) is 42.5 Å². The zero-order valence-electron chi connectivity index (χ0n) is 15.6. The highest BCUT2D eigenvalue weighted by Crippen LogP contribution is 2.15. The van der Waals surface area contributed by atoms with Gasteiger partial charge in [0.2, 0.25) is 5.91 Å². The number of benzene rings is 3. The van der Waals surface area contributed by atoms with Crippen molar-refractivity contribution in [2.24, 2.45) is 0 Å². The molecule has 0 heterocycles.